The minimum Gasteiger partial charge on any atom is -0.394 e. The molecule has 3 N–H and O–H groups in total. The number of allylic oxidation sites excluding steroid dienone is 5. The zero-order valence-electron chi connectivity index (χ0n) is 48.5. The molecular formula is C67H129NO3. The van der Waals surface area contributed by atoms with Gasteiger partial charge in [0, 0.05) is 6.42 Å². The fourth-order valence-corrected chi connectivity index (χ4v) is 10.4. The van der Waals surface area contributed by atoms with Crippen LogP contribution in [0.15, 0.2) is 36.5 Å². The van der Waals surface area contributed by atoms with Crippen LogP contribution in [-0.2, 0) is 4.79 Å². The minimum absolute atomic E-state index is 0.0664. The second-order valence-electron chi connectivity index (χ2n) is 22.5. The first kappa shape index (κ1) is 69.6. The maximum atomic E-state index is 12.5. The van der Waals surface area contributed by atoms with Crippen molar-refractivity contribution in [2.45, 2.75) is 379 Å². The van der Waals surface area contributed by atoms with E-state index in [1.165, 1.54) is 315 Å². The molecule has 0 spiro atoms. The van der Waals surface area contributed by atoms with E-state index in [-0.39, 0.29) is 12.5 Å². The zero-order chi connectivity index (χ0) is 51.3. The zero-order valence-corrected chi connectivity index (χ0v) is 48.5. The summed E-state index contributed by atoms with van der Waals surface area (Å²) in [5, 5.41) is 23.2. The predicted molar refractivity (Wildman–Crippen MR) is 318 cm³/mol. The van der Waals surface area contributed by atoms with E-state index in [2.05, 4.69) is 43.5 Å². The van der Waals surface area contributed by atoms with E-state index in [9.17, 15) is 15.0 Å². The van der Waals surface area contributed by atoms with Crippen LogP contribution in [0, 0.1) is 0 Å². The van der Waals surface area contributed by atoms with Crippen LogP contribution in [0.3, 0.4) is 0 Å². The van der Waals surface area contributed by atoms with Crippen molar-refractivity contribution in [2.24, 2.45) is 0 Å². The average molecular weight is 997 g/mol. The van der Waals surface area contributed by atoms with Crippen LogP contribution < -0.4 is 5.32 Å². The Balaban J connectivity index is 3.46. The number of unbranched alkanes of at least 4 members (excludes halogenated alkanes) is 50. The third kappa shape index (κ3) is 59.4. The van der Waals surface area contributed by atoms with E-state index in [0.717, 1.165) is 32.1 Å². The lowest BCUT2D eigenvalue weighted by molar-refractivity contribution is -0.123. The second-order valence-corrected chi connectivity index (χ2v) is 22.5. The van der Waals surface area contributed by atoms with Crippen molar-refractivity contribution in [3.63, 3.8) is 0 Å². The van der Waals surface area contributed by atoms with Gasteiger partial charge in [0.2, 0.25) is 5.91 Å². The molecule has 4 heteroatoms. The summed E-state index contributed by atoms with van der Waals surface area (Å²) in [6.07, 6.45) is 86.4. The third-order valence-electron chi connectivity index (χ3n) is 15.3. The largest absolute Gasteiger partial charge is 0.394 e. The maximum Gasteiger partial charge on any atom is 0.220 e. The summed E-state index contributed by atoms with van der Waals surface area (Å²) in [6.45, 7) is 4.34. The molecule has 2 unspecified atom stereocenters. The summed E-state index contributed by atoms with van der Waals surface area (Å²) < 4.78 is 0. The van der Waals surface area contributed by atoms with Crippen LogP contribution in [0.4, 0.5) is 0 Å². The summed E-state index contributed by atoms with van der Waals surface area (Å²) in [5.41, 5.74) is 0. The third-order valence-corrected chi connectivity index (χ3v) is 15.3. The van der Waals surface area contributed by atoms with Gasteiger partial charge in [0.05, 0.1) is 18.8 Å². The van der Waals surface area contributed by atoms with E-state index in [4.69, 9.17) is 0 Å². The smallest absolute Gasteiger partial charge is 0.220 e. The highest BCUT2D eigenvalue weighted by Crippen LogP contribution is 2.18. The lowest BCUT2D eigenvalue weighted by Gasteiger charge is -2.19. The van der Waals surface area contributed by atoms with Crippen LogP contribution in [0.5, 0.6) is 0 Å². The summed E-state index contributed by atoms with van der Waals surface area (Å²) in [7, 11) is 0. The van der Waals surface area contributed by atoms with Crippen molar-refractivity contribution in [2.75, 3.05) is 6.61 Å². The molecule has 0 aliphatic carbocycles. The molecule has 0 heterocycles. The SMILES string of the molecule is CCCCCCCCCC/C=C\CCCCCCCCCCCCCCCCCCCCCC(=O)NC(CO)C(O)/C=C/CC/C=C/CCCCCCCCCCCCCCCCCCCCCCCC. The Labute approximate surface area is 446 Å². The van der Waals surface area contributed by atoms with Crippen molar-refractivity contribution in [1.29, 1.82) is 0 Å². The highest BCUT2D eigenvalue weighted by Gasteiger charge is 2.18. The predicted octanol–water partition coefficient (Wildman–Crippen LogP) is 22.0. The Kier molecular flexibility index (Phi) is 61.7. The van der Waals surface area contributed by atoms with Gasteiger partial charge in [-0.2, -0.15) is 0 Å². The van der Waals surface area contributed by atoms with Crippen molar-refractivity contribution in [3.05, 3.63) is 36.5 Å². The molecule has 0 saturated carbocycles. The number of rotatable bonds is 61. The molecule has 1 amide bonds. The Morgan fingerprint density at radius 1 is 0.324 bits per heavy atom. The van der Waals surface area contributed by atoms with Crippen LogP contribution >= 0.6 is 0 Å². The number of hydrogen-bond acceptors (Lipinski definition) is 3. The molecule has 4 nitrogen and oxygen atoms in total. The van der Waals surface area contributed by atoms with Gasteiger partial charge in [-0.05, 0) is 57.8 Å². The van der Waals surface area contributed by atoms with Crippen LogP contribution in [0.1, 0.15) is 367 Å². The molecule has 0 bridgehead atoms. The Morgan fingerprint density at radius 2 is 0.549 bits per heavy atom. The molecule has 0 aromatic carbocycles. The van der Waals surface area contributed by atoms with Gasteiger partial charge in [0.25, 0.3) is 0 Å². The first-order valence-corrected chi connectivity index (χ1v) is 32.7. The average Bonchev–Trinajstić information content (AvgIpc) is 3.37. The van der Waals surface area contributed by atoms with Crippen LogP contribution in [-0.4, -0.2) is 34.9 Å². The van der Waals surface area contributed by atoms with Crippen molar-refractivity contribution >= 4 is 5.91 Å². The fourth-order valence-electron chi connectivity index (χ4n) is 10.4. The molecule has 0 fully saturated rings. The lowest BCUT2D eigenvalue weighted by atomic mass is 10.0. The van der Waals surface area contributed by atoms with Gasteiger partial charge in [-0.15, -0.1) is 0 Å². The Morgan fingerprint density at radius 3 is 0.817 bits per heavy atom. The summed E-state index contributed by atoms with van der Waals surface area (Å²) >= 11 is 0. The van der Waals surface area contributed by atoms with E-state index in [0.29, 0.717) is 6.42 Å². The van der Waals surface area contributed by atoms with Gasteiger partial charge in [0.1, 0.15) is 0 Å². The molecule has 71 heavy (non-hydrogen) atoms. The summed E-state index contributed by atoms with van der Waals surface area (Å²) in [4.78, 5) is 12.5. The van der Waals surface area contributed by atoms with Gasteiger partial charge >= 0.3 is 0 Å². The van der Waals surface area contributed by atoms with E-state index in [1.54, 1.807) is 6.08 Å². The van der Waals surface area contributed by atoms with Crippen molar-refractivity contribution in [1.82, 2.24) is 5.32 Å². The topological polar surface area (TPSA) is 69.6 Å². The van der Waals surface area contributed by atoms with E-state index in [1.807, 2.05) is 6.08 Å². The van der Waals surface area contributed by atoms with E-state index < -0.39 is 12.1 Å². The number of amides is 1. The molecule has 0 aromatic rings. The highest BCUT2D eigenvalue weighted by atomic mass is 16.3. The monoisotopic (exact) mass is 996 g/mol. The standard InChI is InChI=1S/C67H129NO3/c1-3-5-7-9-11-13-15-17-19-21-23-25-27-29-31-33-34-35-37-39-41-43-45-47-49-51-53-55-57-59-61-63-67(71)68-65(64-69)66(70)62-60-58-56-54-52-50-48-46-44-42-40-38-36-32-30-28-26-24-22-20-18-16-14-12-10-8-6-4-2/h21,23,52,54,60,62,65-66,69-70H,3-20,22,24-51,53,55-59,61,63-64H2,1-2H3,(H,68,71)/b23-21-,54-52+,62-60+. The van der Waals surface area contributed by atoms with Crippen LogP contribution in [0.25, 0.3) is 0 Å². The summed E-state index contributed by atoms with van der Waals surface area (Å²) in [5.74, 6) is -0.0664. The van der Waals surface area contributed by atoms with Crippen molar-refractivity contribution in [3.8, 4) is 0 Å². The number of aliphatic hydroxyl groups is 2. The van der Waals surface area contributed by atoms with Gasteiger partial charge in [-0.25, -0.2) is 0 Å². The van der Waals surface area contributed by atoms with Gasteiger partial charge < -0.3 is 15.5 Å². The number of hydrogen-bond donors (Lipinski definition) is 3. The number of aliphatic hydroxyl groups excluding tert-OH is 2. The molecular weight excluding hydrogens is 867 g/mol. The van der Waals surface area contributed by atoms with Crippen molar-refractivity contribution < 1.29 is 15.0 Å². The minimum atomic E-state index is -0.862. The van der Waals surface area contributed by atoms with Crippen LogP contribution in [0.2, 0.25) is 0 Å². The first-order valence-electron chi connectivity index (χ1n) is 32.7. The summed E-state index contributed by atoms with van der Waals surface area (Å²) in [6, 6.07) is -0.639. The molecule has 0 aromatic heterocycles. The second kappa shape index (κ2) is 62.9. The molecule has 420 valence electrons. The van der Waals surface area contributed by atoms with Gasteiger partial charge in [-0.3, -0.25) is 4.79 Å². The molecule has 2 atom stereocenters. The Hall–Kier alpha value is -1.39. The van der Waals surface area contributed by atoms with Gasteiger partial charge in [0.15, 0.2) is 0 Å². The molecule has 0 aliphatic heterocycles. The lowest BCUT2D eigenvalue weighted by Crippen LogP contribution is -2.45. The first-order chi connectivity index (χ1) is 35.2. The number of carbonyl (C=O) groups is 1. The van der Waals surface area contributed by atoms with Gasteiger partial charge in [-0.1, -0.05) is 339 Å². The Bertz CT molecular complexity index is 1080. The highest BCUT2D eigenvalue weighted by molar-refractivity contribution is 5.76. The molecule has 0 rings (SSSR count). The van der Waals surface area contributed by atoms with E-state index >= 15 is 0 Å². The normalized spacial score (nSPS) is 12.9. The molecule has 0 radical (unpaired) electrons. The quantitative estimate of drug-likeness (QED) is 0.0420. The molecule has 0 aliphatic rings. The fraction of sp³-hybridized carbons (Fsp3) is 0.896. The number of carbonyl (C=O) groups excluding carboxylic acids is 1. The molecule has 0 saturated heterocycles. The number of nitrogens with one attached hydrogen (secondary N) is 1. The maximum absolute atomic E-state index is 12.5.